The van der Waals surface area contributed by atoms with Crippen LogP contribution in [0.1, 0.15) is 11.1 Å². The molecule has 5 heteroatoms. The Bertz CT molecular complexity index is 629. The van der Waals surface area contributed by atoms with E-state index in [1.807, 2.05) is 42.5 Å². The predicted octanol–water partition coefficient (Wildman–Crippen LogP) is 4.00. The number of hydrogen-bond donors (Lipinski definition) is 2. The van der Waals surface area contributed by atoms with E-state index in [2.05, 4.69) is 26.6 Å². The number of amides is 1. The molecule has 110 valence electrons. The summed E-state index contributed by atoms with van der Waals surface area (Å²) in [6.07, 6.45) is 0.404. The Hall–Kier alpha value is -1.52. The van der Waals surface area contributed by atoms with Gasteiger partial charge < -0.3 is 10.6 Å². The number of carbonyl (C=O) groups excluding carboxylic acids is 1. The van der Waals surface area contributed by atoms with Gasteiger partial charge in [0, 0.05) is 23.8 Å². The second kappa shape index (κ2) is 7.48. The standard InChI is InChI=1S/C16H16BrClN2O/c1-19-16(21)9-11-2-5-13(6-3-11)20-10-12-4-7-15(18)14(17)8-12/h2-8,20H,9-10H2,1H3,(H,19,21). The van der Waals surface area contributed by atoms with Gasteiger partial charge >= 0.3 is 0 Å². The Kier molecular flexibility index (Phi) is 5.65. The van der Waals surface area contributed by atoms with Crippen molar-refractivity contribution in [3.63, 3.8) is 0 Å². The van der Waals surface area contributed by atoms with Crippen LogP contribution in [-0.2, 0) is 17.8 Å². The lowest BCUT2D eigenvalue weighted by atomic mass is 10.1. The van der Waals surface area contributed by atoms with Crippen LogP contribution in [0.3, 0.4) is 0 Å². The first-order chi connectivity index (χ1) is 10.1. The van der Waals surface area contributed by atoms with Crippen molar-refractivity contribution in [1.29, 1.82) is 0 Å². The average molecular weight is 368 g/mol. The van der Waals surface area contributed by atoms with Crippen molar-refractivity contribution in [2.24, 2.45) is 0 Å². The van der Waals surface area contributed by atoms with Crippen molar-refractivity contribution < 1.29 is 4.79 Å². The molecule has 0 aliphatic carbocycles. The quantitative estimate of drug-likeness (QED) is 0.838. The van der Waals surface area contributed by atoms with Crippen LogP contribution in [0, 0.1) is 0 Å². The summed E-state index contributed by atoms with van der Waals surface area (Å²) in [5.74, 6) is 0.0155. The van der Waals surface area contributed by atoms with Crippen molar-refractivity contribution in [2.75, 3.05) is 12.4 Å². The average Bonchev–Trinajstić information content (AvgIpc) is 2.50. The molecule has 0 radical (unpaired) electrons. The molecule has 0 aromatic heterocycles. The van der Waals surface area contributed by atoms with Gasteiger partial charge in [-0.1, -0.05) is 29.8 Å². The molecule has 2 aromatic carbocycles. The summed E-state index contributed by atoms with van der Waals surface area (Å²) in [6.45, 7) is 0.713. The summed E-state index contributed by atoms with van der Waals surface area (Å²) in [7, 11) is 1.64. The van der Waals surface area contributed by atoms with Crippen LogP contribution < -0.4 is 10.6 Å². The van der Waals surface area contributed by atoms with E-state index >= 15 is 0 Å². The number of rotatable bonds is 5. The Labute approximate surface area is 137 Å². The van der Waals surface area contributed by atoms with Gasteiger partial charge in [0.2, 0.25) is 5.91 Å². The van der Waals surface area contributed by atoms with Crippen molar-refractivity contribution in [3.8, 4) is 0 Å². The van der Waals surface area contributed by atoms with Gasteiger partial charge in [-0.3, -0.25) is 4.79 Å². The molecule has 0 aliphatic heterocycles. The smallest absolute Gasteiger partial charge is 0.224 e. The van der Waals surface area contributed by atoms with Gasteiger partial charge in [-0.05, 0) is 51.3 Å². The SMILES string of the molecule is CNC(=O)Cc1ccc(NCc2ccc(Cl)c(Br)c2)cc1. The van der Waals surface area contributed by atoms with Crippen LogP contribution in [0.4, 0.5) is 5.69 Å². The van der Waals surface area contributed by atoms with E-state index in [1.165, 1.54) is 0 Å². The Morgan fingerprint density at radius 3 is 2.43 bits per heavy atom. The molecule has 0 bridgehead atoms. The molecule has 0 aliphatic rings. The number of benzene rings is 2. The molecule has 2 aromatic rings. The molecule has 0 atom stereocenters. The lowest BCUT2D eigenvalue weighted by Gasteiger charge is -2.08. The van der Waals surface area contributed by atoms with Gasteiger partial charge in [0.05, 0.1) is 11.4 Å². The topological polar surface area (TPSA) is 41.1 Å². The molecule has 3 nitrogen and oxygen atoms in total. The predicted molar refractivity (Wildman–Crippen MR) is 90.7 cm³/mol. The third-order valence-corrected chi connectivity index (χ3v) is 4.29. The summed E-state index contributed by atoms with van der Waals surface area (Å²) in [5, 5.41) is 6.66. The molecule has 0 spiro atoms. The second-order valence-corrected chi connectivity index (χ2v) is 5.91. The highest BCUT2D eigenvalue weighted by molar-refractivity contribution is 9.10. The van der Waals surface area contributed by atoms with E-state index in [4.69, 9.17) is 11.6 Å². The Morgan fingerprint density at radius 1 is 1.14 bits per heavy atom. The van der Waals surface area contributed by atoms with Gasteiger partial charge in [0.25, 0.3) is 0 Å². The van der Waals surface area contributed by atoms with Crippen LogP contribution in [0.25, 0.3) is 0 Å². The number of carbonyl (C=O) groups is 1. The maximum Gasteiger partial charge on any atom is 0.224 e. The van der Waals surface area contributed by atoms with Crippen LogP contribution in [0.15, 0.2) is 46.9 Å². The lowest BCUT2D eigenvalue weighted by molar-refractivity contribution is -0.119. The van der Waals surface area contributed by atoms with Crippen LogP contribution in [0.5, 0.6) is 0 Å². The highest BCUT2D eigenvalue weighted by Gasteiger charge is 2.02. The third-order valence-electron chi connectivity index (χ3n) is 3.08. The molecule has 0 heterocycles. The fourth-order valence-electron chi connectivity index (χ4n) is 1.87. The summed E-state index contributed by atoms with van der Waals surface area (Å²) in [4.78, 5) is 11.3. The van der Waals surface area contributed by atoms with E-state index < -0.39 is 0 Å². The molecule has 0 unspecified atom stereocenters. The number of likely N-dealkylation sites (N-methyl/N-ethyl adjacent to an activating group) is 1. The fourth-order valence-corrected chi connectivity index (χ4v) is 2.41. The maximum absolute atomic E-state index is 11.3. The largest absolute Gasteiger partial charge is 0.381 e. The molecule has 2 rings (SSSR count). The van der Waals surface area contributed by atoms with E-state index in [9.17, 15) is 4.79 Å². The van der Waals surface area contributed by atoms with Crippen molar-refractivity contribution in [2.45, 2.75) is 13.0 Å². The molecular weight excluding hydrogens is 352 g/mol. The number of halogens is 2. The van der Waals surface area contributed by atoms with E-state index in [-0.39, 0.29) is 5.91 Å². The number of anilines is 1. The van der Waals surface area contributed by atoms with Gasteiger partial charge in [-0.2, -0.15) is 0 Å². The van der Waals surface area contributed by atoms with Gasteiger partial charge in [-0.15, -0.1) is 0 Å². The monoisotopic (exact) mass is 366 g/mol. The van der Waals surface area contributed by atoms with E-state index in [0.717, 1.165) is 21.3 Å². The minimum absolute atomic E-state index is 0.0155. The fraction of sp³-hybridized carbons (Fsp3) is 0.188. The van der Waals surface area contributed by atoms with Gasteiger partial charge in [0.15, 0.2) is 0 Å². The second-order valence-electron chi connectivity index (χ2n) is 4.65. The molecule has 1 amide bonds. The lowest BCUT2D eigenvalue weighted by Crippen LogP contribution is -2.19. The first-order valence-electron chi connectivity index (χ1n) is 6.56. The van der Waals surface area contributed by atoms with Crippen LogP contribution in [0.2, 0.25) is 5.02 Å². The molecule has 0 saturated carbocycles. The van der Waals surface area contributed by atoms with Crippen molar-refractivity contribution in [1.82, 2.24) is 5.32 Å². The number of hydrogen-bond acceptors (Lipinski definition) is 2. The van der Waals surface area contributed by atoms with Crippen LogP contribution >= 0.6 is 27.5 Å². The van der Waals surface area contributed by atoms with Crippen molar-refractivity contribution in [3.05, 3.63) is 63.1 Å². The summed E-state index contributed by atoms with van der Waals surface area (Å²) in [6, 6.07) is 13.7. The third kappa shape index (κ3) is 4.76. The van der Waals surface area contributed by atoms with Crippen LogP contribution in [-0.4, -0.2) is 13.0 Å². The van der Waals surface area contributed by atoms with E-state index in [1.54, 1.807) is 7.05 Å². The zero-order valence-corrected chi connectivity index (χ0v) is 14.0. The summed E-state index contributed by atoms with van der Waals surface area (Å²) in [5.41, 5.74) is 3.15. The van der Waals surface area contributed by atoms with Gasteiger partial charge in [0.1, 0.15) is 0 Å². The summed E-state index contributed by atoms with van der Waals surface area (Å²) >= 11 is 9.38. The Morgan fingerprint density at radius 2 is 1.81 bits per heavy atom. The Balaban J connectivity index is 1.94. The first kappa shape index (κ1) is 15.9. The van der Waals surface area contributed by atoms with E-state index in [0.29, 0.717) is 18.0 Å². The molecule has 21 heavy (non-hydrogen) atoms. The highest BCUT2D eigenvalue weighted by Crippen LogP contribution is 2.23. The van der Waals surface area contributed by atoms with Gasteiger partial charge in [-0.25, -0.2) is 0 Å². The number of nitrogens with one attached hydrogen (secondary N) is 2. The minimum atomic E-state index is 0.0155. The summed E-state index contributed by atoms with van der Waals surface area (Å²) < 4.78 is 0.893. The first-order valence-corrected chi connectivity index (χ1v) is 7.73. The maximum atomic E-state index is 11.3. The minimum Gasteiger partial charge on any atom is -0.381 e. The molecule has 2 N–H and O–H groups in total. The highest BCUT2D eigenvalue weighted by atomic mass is 79.9. The molecule has 0 saturated heterocycles. The molecule has 0 fully saturated rings. The molecular formula is C16H16BrClN2O. The van der Waals surface area contributed by atoms with Crippen molar-refractivity contribution >= 4 is 39.1 Å². The zero-order chi connectivity index (χ0) is 15.2. The normalized spacial score (nSPS) is 10.2. The zero-order valence-electron chi connectivity index (χ0n) is 11.6.